The first-order valence-corrected chi connectivity index (χ1v) is 8.82. The first-order chi connectivity index (χ1) is 12.3. The zero-order valence-electron chi connectivity index (χ0n) is 14.7. The largest absolute Gasteiger partial charge is 0.336 e. The Morgan fingerprint density at radius 2 is 2.19 bits per heavy atom. The quantitative estimate of drug-likeness (QED) is 0.725. The molecule has 5 heterocycles. The van der Waals surface area contributed by atoms with Gasteiger partial charge in [0, 0.05) is 31.9 Å². The first kappa shape index (κ1) is 17.3. The molecule has 9 heteroatoms. The molecule has 26 heavy (non-hydrogen) atoms. The number of anilines is 2. The molecule has 0 amide bonds. The van der Waals surface area contributed by atoms with Gasteiger partial charge in [0.2, 0.25) is 0 Å². The van der Waals surface area contributed by atoms with E-state index >= 15 is 0 Å². The normalized spacial score (nSPS) is 20.1. The minimum Gasteiger partial charge on any atom is -0.336 e. The van der Waals surface area contributed by atoms with Crippen LogP contribution >= 0.6 is 12.4 Å². The van der Waals surface area contributed by atoms with Gasteiger partial charge >= 0.3 is 0 Å². The predicted molar refractivity (Wildman–Crippen MR) is 102 cm³/mol. The zero-order valence-corrected chi connectivity index (χ0v) is 15.5. The first-order valence-electron chi connectivity index (χ1n) is 8.82. The van der Waals surface area contributed by atoms with Crippen molar-refractivity contribution in [2.45, 2.75) is 25.4 Å². The highest BCUT2D eigenvalue weighted by atomic mass is 35.5. The predicted octanol–water partition coefficient (Wildman–Crippen LogP) is 1.61. The molecule has 8 nitrogen and oxygen atoms in total. The number of rotatable bonds is 3. The Hall–Kier alpha value is -2.16. The number of halogens is 1. The van der Waals surface area contributed by atoms with E-state index in [-0.39, 0.29) is 12.4 Å². The molecule has 3 aromatic heterocycles. The van der Waals surface area contributed by atoms with Crippen LogP contribution in [0.25, 0.3) is 5.65 Å². The topological polar surface area (TPSA) is 75.3 Å². The van der Waals surface area contributed by atoms with E-state index in [0.717, 1.165) is 56.3 Å². The van der Waals surface area contributed by atoms with Crippen LogP contribution in [0.2, 0.25) is 0 Å². The summed E-state index contributed by atoms with van der Waals surface area (Å²) in [5.74, 6) is 1.40. The summed E-state index contributed by atoms with van der Waals surface area (Å²) < 4.78 is 3.95. The van der Waals surface area contributed by atoms with Crippen LogP contribution in [-0.4, -0.2) is 56.0 Å². The van der Waals surface area contributed by atoms with Crippen LogP contribution in [-0.2, 0) is 13.1 Å². The second-order valence-corrected chi connectivity index (χ2v) is 7.01. The van der Waals surface area contributed by atoms with Gasteiger partial charge in [-0.2, -0.15) is 10.2 Å². The summed E-state index contributed by atoms with van der Waals surface area (Å²) in [6.07, 6.45) is 4.85. The van der Waals surface area contributed by atoms with Gasteiger partial charge in [0.25, 0.3) is 0 Å². The number of pyridine rings is 1. The lowest BCUT2D eigenvalue weighted by Gasteiger charge is -2.22. The van der Waals surface area contributed by atoms with Crippen molar-refractivity contribution in [3.8, 4) is 0 Å². The lowest BCUT2D eigenvalue weighted by atomic mass is 10.00. The van der Waals surface area contributed by atoms with Gasteiger partial charge in [-0.25, -0.2) is 9.50 Å². The van der Waals surface area contributed by atoms with Crippen LogP contribution in [0.5, 0.6) is 0 Å². The van der Waals surface area contributed by atoms with Gasteiger partial charge in [-0.15, -0.1) is 12.4 Å². The minimum absolute atomic E-state index is 0. The Morgan fingerprint density at radius 1 is 1.27 bits per heavy atom. The minimum atomic E-state index is 0. The number of aromatic nitrogens is 5. The second kappa shape index (κ2) is 6.86. The van der Waals surface area contributed by atoms with Gasteiger partial charge in [-0.3, -0.25) is 9.58 Å². The summed E-state index contributed by atoms with van der Waals surface area (Å²) >= 11 is 0. The smallest absolute Gasteiger partial charge is 0.178 e. The summed E-state index contributed by atoms with van der Waals surface area (Å²) in [6.45, 7) is 4.99. The molecule has 1 saturated heterocycles. The molecule has 2 aliphatic heterocycles. The van der Waals surface area contributed by atoms with E-state index in [9.17, 15) is 0 Å². The van der Waals surface area contributed by atoms with Gasteiger partial charge in [0.05, 0.1) is 17.9 Å². The lowest BCUT2D eigenvalue weighted by molar-refractivity contribution is 0.259. The van der Waals surface area contributed by atoms with Crippen molar-refractivity contribution in [2.24, 2.45) is 0 Å². The maximum Gasteiger partial charge on any atom is 0.178 e. The lowest BCUT2D eigenvalue weighted by Crippen LogP contribution is -2.30. The van der Waals surface area contributed by atoms with E-state index in [2.05, 4.69) is 55.7 Å². The Labute approximate surface area is 158 Å². The average Bonchev–Trinajstić information content (AvgIpc) is 3.34. The van der Waals surface area contributed by atoms with Crippen molar-refractivity contribution in [3.63, 3.8) is 0 Å². The Kier molecular flexibility index (Phi) is 4.56. The molecule has 1 atom stereocenters. The molecule has 0 aromatic carbocycles. The molecule has 0 aliphatic carbocycles. The fraction of sp³-hybridized carbons (Fsp3) is 0.471. The van der Waals surface area contributed by atoms with Crippen LogP contribution in [0.3, 0.4) is 0 Å². The second-order valence-electron chi connectivity index (χ2n) is 7.01. The number of fused-ring (bicyclic) bond motifs is 2. The van der Waals surface area contributed by atoms with E-state index in [4.69, 9.17) is 5.10 Å². The molecule has 2 aliphatic rings. The SMILES string of the molecule is CN1CCn2nc(Nc3cc([C@@H]4CCNC4)cn4ncnc34)cc2C1.Cl. The molecule has 0 spiro atoms. The van der Waals surface area contributed by atoms with Crippen LogP contribution < -0.4 is 10.6 Å². The van der Waals surface area contributed by atoms with Gasteiger partial charge in [-0.1, -0.05) is 0 Å². The third kappa shape index (κ3) is 3.04. The molecule has 0 unspecified atom stereocenters. The van der Waals surface area contributed by atoms with Crippen molar-refractivity contribution in [1.82, 2.24) is 34.6 Å². The van der Waals surface area contributed by atoms with Crippen LogP contribution in [0.4, 0.5) is 11.5 Å². The van der Waals surface area contributed by atoms with Crippen molar-refractivity contribution >= 4 is 29.6 Å². The summed E-state index contributed by atoms with van der Waals surface area (Å²) in [4.78, 5) is 6.72. The van der Waals surface area contributed by atoms with Crippen molar-refractivity contribution in [1.29, 1.82) is 0 Å². The highest BCUT2D eigenvalue weighted by molar-refractivity contribution is 5.85. The van der Waals surface area contributed by atoms with Crippen LogP contribution in [0.1, 0.15) is 23.6 Å². The summed E-state index contributed by atoms with van der Waals surface area (Å²) in [6, 6.07) is 4.33. The summed E-state index contributed by atoms with van der Waals surface area (Å²) in [7, 11) is 2.14. The summed E-state index contributed by atoms with van der Waals surface area (Å²) in [5.41, 5.74) is 4.32. The molecule has 138 valence electrons. The van der Waals surface area contributed by atoms with Gasteiger partial charge in [0.15, 0.2) is 11.5 Å². The highest BCUT2D eigenvalue weighted by Gasteiger charge is 2.20. The maximum atomic E-state index is 4.71. The zero-order chi connectivity index (χ0) is 16.8. The molecular weight excluding hydrogens is 352 g/mol. The van der Waals surface area contributed by atoms with E-state index in [1.54, 1.807) is 6.33 Å². The average molecular weight is 375 g/mol. The molecule has 1 fully saturated rings. The van der Waals surface area contributed by atoms with E-state index in [1.165, 1.54) is 11.3 Å². The van der Waals surface area contributed by atoms with Crippen LogP contribution in [0.15, 0.2) is 24.7 Å². The molecule has 0 bridgehead atoms. The molecule has 5 rings (SSSR count). The van der Waals surface area contributed by atoms with Gasteiger partial charge in [-0.05, 0) is 37.6 Å². The number of likely N-dealkylation sites (N-methyl/N-ethyl adjacent to an activating group) is 1. The van der Waals surface area contributed by atoms with Gasteiger partial charge in [0.1, 0.15) is 6.33 Å². The van der Waals surface area contributed by atoms with E-state index in [1.807, 2.05) is 4.52 Å². The molecule has 3 aromatic rings. The monoisotopic (exact) mass is 374 g/mol. The number of hydrogen-bond acceptors (Lipinski definition) is 6. The van der Waals surface area contributed by atoms with E-state index < -0.39 is 0 Å². The number of hydrogen-bond donors (Lipinski definition) is 2. The van der Waals surface area contributed by atoms with Crippen LogP contribution in [0, 0.1) is 0 Å². The maximum absolute atomic E-state index is 4.71. The Bertz CT molecular complexity index is 911. The van der Waals surface area contributed by atoms with Crippen molar-refractivity contribution < 1.29 is 0 Å². The molecular formula is C17H23ClN8. The van der Waals surface area contributed by atoms with E-state index in [0.29, 0.717) is 5.92 Å². The summed E-state index contributed by atoms with van der Waals surface area (Å²) in [5, 5.41) is 16.0. The fourth-order valence-corrected chi connectivity index (χ4v) is 3.80. The van der Waals surface area contributed by atoms with Crippen molar-refractivity contribution in [3.05, 3.63) is 35.9 Å². The van der Waals surface area contributed by atoms with Crippen molar-refractivity contribution in [2.75, 3.05) is 32.0 Å². The molecule has 2 N–H and O–H groups in total. The fourth-order valence-electron chi connectivity index (χ4n) is 3.80. The molecule has 0 saturated carbocycles. The Balaban J connectivity index is 0.00000168. The standard InChI is InChI=1S/C17H22N8.ClH/c1-23-4-5-24-14(10-23)7-16(22-24)21-15-6-13(12-2-3-18-8-12)9-25-17(15)19-11-20-25;/h6-7,9,11-12,18H,2-5,8,10H2,1H3,(H,21,22);1H/t12-;/m1./s1. The highest BCUT2D eigenvalue weighted by Crippen LogP contribution is 2.28. The Morgan fingerprint density at radius 3 is 3.04 bits per heavy atom. The third-order valence-corrected chi connectivity index (χ3v) is 5.18. The number of nitrogens with zero attached hydrogens (tertiary/aromatic N) is 6. The third-order valence-electron chi connectivity index (χ3n) is 5.18. The number of nitrogens with one attached hydrogen (secondary N) is 2. The van der Waals surface area contributed by atoms with Gasteiger partial charge < -0.3 is 10.6 Å². The molecule has 0 radical (unpaired) electrons.